The van der Waals surface area contributed by atoms with Gasteiger partial charge < -0.3 is 14.7 Å². The molecule has 3 aromatic rings. The van der Waals surface area contributed by atoms with Crippen LogP contribution < -0.4 is 4.74 Å². The van der Waals surface area contributed by atoms with E-state index in [1.54, 1.807) is 55.1 Å². The molecule has 4 rings (SSSR count). The van der Waals surface area contributed by atoms with Gasteiger partial charge >= 0.3 is 0 Å². The van der Waals surface area contributed by atoms with E-state index < -0.39 is 17.7 Å². The maximum absolute atomic E-state index is 13.3. The molecule has 1 aromatic carbocycles. The molecule has 1 N–H and O–H groups in total. The van der Waals surface area contributed by atoms with Crippen molar-refractivity contribution in [1.82, 2.24) is 14.9 Å². The lowest BCUT2D eigenvalue weighted by molar-refractivity contribution is -0.140. The molecule has 1 aliphatic rings. The van der Waals surface area contributed by atoms with E-state index in [4.69, 9.17) is 4.74 Å². The van der Waals surface area contributed by atoms with Crippen LogP contribution in [0.25, 0.3) is 5.76 Å². The Morgan fingerprint density at radius 1 is 1.06 bits per heavy atom. The summed E-state index contributed by atoms with van der Waals surface area (Å²) >= 11 is 0. The lowest BCUT2D eigenvalue weighted by atomic mass is 9.85. The second-order valence-corrected chi connectivity index (χ2v) is 9.23. The normalized spacial score (nSPS) is 17.8. The molecule has 0 bridgehead atoms. The van der Waals surface area contributed by atoms with Crippen molar-refractivity contribution in [2.75, 3.05) is 7.11 Å². The Kier molecular flexibility index (Phi) is 6.20. The third-order valence-corrected chi connectivity index (χ3v) is 5.96. The van der Waals surface area contributed by atoms with Gasteiger partial charge in [-0.15, -0.1) is 0 Å². The number of methoxy groups -OCH3 is 1. The highest BCUT2D eigenvalue weighted by Crippen LogP contribution is 2.42. The van der Waals surface area contributed by atoms with Crippen LogP contribution in [-0.2, 0) is 21.5 Å². The fraction of sp³-hybridized carbons (Fsp3) is 0.259. The number of hydrogen-bond acceptors (Lipinski definition) is 6. The van der Waals surface area contributed by atoms with Crippen molar-refractivity contribution in [2.24, 2.45) is 0 Å². The van der Waals surface area contributed by atoms with E-state index in [0.717, 1.165) is 11.1 Å². The molecule has 0 saturated carbocycles. The van der Waals surface area contributed by atoms with Gasteiger partial charge in [-0.2, -0.15) is 0 Å². The largest absolute Gasteiger partial charge is 0.507 e. The van der Waals surface area contributed by atoms with Crippen LogP contribution in [0, 0.1) is 0 Å². The Hall–Kier alpha value is -4.00. The molecule has 174 valence electrons. The number of pyridine rings is 2. The van der Waals surface area contributed by atoms with Gasteiger partial charge in [0.05, 0.1) is 24.3 Å². The number of benzene rings is 1. The topological polar surface area (TPSA) is 92.6 Å². The number of aromatic nitrogens is 2. The van der Waals surface area contributed by atoms with Gasteiger partial charge in [0, 0.05) is 31.3 Å². The number of ether oxygens (including phenoxy) is 1. The molecule has 1 saturated heterocycles. The summed E-state index contributed by atoms with van der Waals surface area (Å²) in [6.07, 6.45) is 6.49. The van der Waals surface area contributed by atoms with Crippen molar-refractivity contribution in [3.63, 3.8) is 0 Å². The van der Waals surface area contributed by atoms with Crippen LogP contribution in [0.4, 0.5) is 0 Å². The third kappa shape index (κ3) is 4.29. The predicted octanol–water partition coefficient (Wildman–Crippen LogP) is 4.40. The summed E-state index contributed by atoms with van der Waals surface area (Å²) < 4.78 is 5.50. The number of amides is 1. The number of ketones is 1. The molecule has 1 amide bonds. The van der Waals surface area contributed by atoms with Crippen LogP contribution in [0.15, 0.2) is 72.8 Å². The average Bonchev–Trinajstić information content (AvgIpc) is 3.08. The summed E-state index contributed by atoms with van der Waals surface area (Å²) in [5.74, 6) is -1.29. The standard InChI is InChI=1S/C27H27N3O4/c1-27(2,3)19-7-8-21(34-4)20(14-19)24(31)22-23(18-6-5-11-29-15-18)30(26(33)25(22)32)16-17-9-12-28-13-10-17/h5-15,23,31H,16H2,1-4H3/b24-22+. The molecular formula is C27H27N3O4. The van der Waals surface area contributed by atoms with Crippen molar-refractivity contribution in [3.8, 4) is 5.75 Å². The maximum Gasteiger partial charge on any atom is 0.295 e. The molecule has 3 heterocycles. The first-order valence-electron chi connectivity index (χ1n) is 11.0. The van der Waals surface area contributed by atoms with Gasteiger partial charge in [-0.25, -0.2) is 0 Å². The van der Waals surface area contributed by atoms with Crippen molar-refractivity contribution in [1.29, 1.82) is 0 Å². The molecule has 1 unspecified atom stereocenters. The smallest absolute Gasteiger partial charge is 0.295 e. The molecule has 1 fully saturated rings. The van der Waals surface area contributed by atoms with Crippen LogP contribution in [0.1, 0.15) is 49.1 Å². The number of hydrogen-bond donors (Lipinski definition) is 1. The van der Waals surface area contributed by atoms with Crippen molar-refractivity contribution < 1.29 is 19.4 Å². The van der Waals surface area contributed by atoms with Gasteiger partial charge in [0.15, 0.2) is 0 Å². The predicted molar refractivity (Wildman–Crippen MR) is 128 cm³/mol. The number of nitrogens with zero attached hydrogens (tertiary/aromatic N) is 3. The molecule has 0 aliphatic carbocycles. The number of likely N-dealkylation sites (tertiary alicyclic amines) is 1. The number of carbonyl (C=O) groups excluding carboxylic acids is 2. The summed E-state index contributed by atoms with van der Waals surface area (Å²) in [6.45, 7) is 6.36. The Morgan fingerprint density at radius 2 is 1.79 bits per heavy atom. The minimum Gasteiger partial charge on any atom is -0.507 e. The van der Waals surface area contributed by atoms with Gasteiger partial charge in [-0.05, 0) is 52.4 Å². The van der Waals surface area contributed by atoms with Gasteiger partial charge in [0.25, 0.3) is 11.7 Å². The molecule has 2 aromatic heterocycles. The maximum atomic E-state index is 13.3. The average molecular weight is 458 g/mol. The molecule has 7 nitrogen and oxygen atoms in total. The summed E-state index contributed by atoms with van der Waals surface area (Å²) in [6, 6.07) is 11.8. The fourth-order valence-corrected chi connectivity index (χ4v) is 4.12. The van der Waals surface area contributed by atoms with E-state index >= 15 is 0 Å². The Morgan fingerprint density at radius 3 is 2.41 bits per heavy atom. The zero-order valence-corrected chi connectivity index (χ0v) is 19.6. The van der Waals surface area contributed by atoms with Crippen molar-refractivity contribution >= 4 is 17.4 Å². The van der Waals surface area contributed by atoms with Crippen LogP contribution in [-0.4, -0.2) is 38.8 Å². The SMILES string of the molecule is COc1ccc(C(C)(C)C)cc1/C(O)=C1\C(=O)C(=O)N(Cc2ccncc2)C1c1cccnc1. The Bertz CT molecular complexity index is 1250. The first-order valence-corrected chi connectivity index (χ1v) is 11.0. The lowest BCUT2D eigenvalue weighted by Crippen LogP contribution is -2.29. The van der Waals surface area contributed by atoms with Crippen LogP contribution >= 0.6 is 0 Å². The highest BCUT2D eigenvalue weighted by Gasteiger charge is 2.46. The Balaban J connectivity index is 1.91. The van der Waals surface area contributed by atoms with E-state index in [0.29, 0.717) is 16.9 Å². The van der Waals surface area contributed by atoms with Crippen molar-refractivity contribution in [3.05, 3.63) is 95.1 Å². The van der Waals surface area contributed by atoms with E-state index in [1.165, 1.54) is 12.0 Å². The quantitative estimate of drug-likeness (QED) is 0.347. The third-order valence-electron chi connectivity index (χ3n) is 5.96. The second-order valence-electron chi connectivity index (χ2n) is 9.23. The van der Waals surface area contributed by atoms with Gasteiger partial charge in [-0.3, -0.25) is 19.6 Å². The van der Waals surface area contributed by atoms with Crippen LogP contribution in [0.3, 0.4) is 0 Å². The van der Waals surface area contributed by atoms with Crippen LogP contribution in [0.2, 0.25) is 0 Å². The highest BCUT2D eigenvalue weighted by molar-refractivity contribution is 6.46. The van der Waals surface area contributed by atoms with E-state index in [9.17, 15) is 14.7 Å². The molecular weight excluding hydrogens is 430 g/mol. The lowest BCUT2D eigenvalue weighted by Gasteiger charge is -2.25. The summed E-state index contributed by atoms with van der Waals surface area (Å²) in [7, 11) is 1.50. The first kappa shape index (κ1) is 23.2. The summed E-state index contributed by atoms with van der Waals surface area (Å²) in [5.41, 5.74) is 2.58. The zero-order chi connectivity index (χ0) is 24.5. The molecule has 34 heavy (non-hydrogen) atoms. The van der Waals surface area contributed by atoms with E-state index in [1.807, 2.05) is 12.1 Å². The molecule has 0 spiro atoms. The van der Waals surface area contributed by atoms with Crippen molar-refractivity contribution in [2.45, 2.75) is 38.8 Å². The number of aliphatic hydroxyl groups excluding tert-OH is 1. The molecule has 1 aliphatic heterocycles. The number of carbonyl (C=O) groups is 2. The summed E-state index contributed by atoms with van der Waals surface area (Å²) in [5, 5.41) is 11.5. The highest BCUT2D eigenvalue weighted by atomic mass is 16.5. The number of Topliss-reactive ketones (excluding diaryl/α,β-unsaturated/α-hetero) is 1. The second kappa shape index (κ2) is 9.09. The monoisotopic (exact) mass is 457 g/mol. The van der Waals surface area contributed by atoms with Gasteiger partial charge in [0.2, 0.25) is 0 Å². The zero-order valence-electron chi connectivity index (χ0n) is 19.6. The number of rotatable bonds is 5. The Labute approximate surface area is 198 Å². The molecule has 7 heteroatoms. The molecule has 1 atom stereocenters. The van der Waals surface area contributed by atoms with E-state index in [2.05, 4.69) is 30.7 Å². The first-order chi connectivity index (χ1) is 16.2. The van der Waals surface area contributed by atoms with Gasteiger partial charge in [0.1, 0.15) is 11.5 Å². The molecule has 0 radical (unpaired) electrons. The minimum atomic E-state index is -0.801. The fourth-order valence-electron chi connectivity index (χ4n) is 4.12. The van der Waals surface area contributed by atoms with E-state index in [-0.39, 0.29) is 23.3 Å². The van der Waals surface area contributed by atoms with Crippen LogP contribution in [0.5, 0.6) is 5.75 Å². The number of aliphatic hydroxyl groups is 1. The summed E-state index contributed by atoms with van der Waals surface area (Å²) in [4.78, 5) is 36.1. The minimum absolute atomic E-state index is 0.0106. The van der Waals surface area contributed by atoms with Gasteiger partial charge in [-0.1, -0.05) is 32.9 Å².